The van der Waals surface area contributed by atoms with E-state index < -0.39 is 10.0 Å². The number of rotatable bonds is 7. The van der Waals surface area contributed by atoms with E-state index in [0.717, 1.165) is 22.5 Å². The van der Waals surface area contributed by atoms with Gasteiger partial charge in [0.15, 0.2) is 0 Å². The molecule has 1 amide bonds. The number of sulfonamides is 1. The first kappa shape index (κ1) is 26.1. The highest BCUT2D eigenvalue weighted by atomic mass is 32.2. The van der Waals surface area contributed by atoms with Crippen molar-refractivity contribution >= 4 is 21.6 Å². The van der Waals surface area contributed by atoms with Crippen LogP contribution in [-0.4, -0.2) is 29.8 Å². The van der Waals surface area contributed by atoms with E-state index in [9.17, 15) is 17.6 Å². The molecule has 1 fully saturated rings. The van der Waals surface area contributed by atoms with Crippen molar-refractivity contribution in [3.05, 3.63) is 90.0 Å². The molecule has 0 radical (unpaired) electrons. The van der Waals surface area contributed by atoms with Crippen LogP contribution in [0.1, 0.15) is 49.9 Å². The predicted octanol–water partition coefficient (Wildman–Crippen LogP) is 5.16. The zero-order valence-electron chi connectivity index (χ0n) is 21.4. The standard InChI is InChI=1S/C29H31FN4O3S/c1-19(21-8-12-24(30)13-9-21)31-29(35)23-10-14-25(15-11-23)33-38(36,37)26-16-17-27-32-28(20(2)34(27)18-26)22-6-4-3-5-7-22/h3-9,12-13,16-19,23,25,33H,10-11,14-15H2,1-2H3,(H,31,35)/t19-,23-,25-/m1/s1. The Morgan fingerprint density at radius 2 is 1.68 bits per heavy atom. The molecule has 0 bridgehead atoms. The maximum absolute atomic E-state index is 13.2. The fourth-order valence-electron chi connectivity index (χ4n) is 5.10. The van der Waals surface area contributed by atoms with Crippen LogP contribution < -0.4 is 10.0 Å². The second-order valence-corrected chi connectivity index (χ2v) is 11.7. The lowest BCUT2D eigenvalue weighted by atomic mass is 9.85. The average molecular weight is 535 g/mol. The third-order valence-corrected chi connectivity index (χ3v) is 8.84. The molecule has 2 aromatic heterocycles. The van der Waals surface area contributed by atoms with Crippen molar-refractivity contribution in [3.63, 3.8) is 0 Å². The summed E-state index contributed by atoms with van der Waals surface area (Å²) in [5, 5.41) is 3.00. The van der Waals surface area contributed by atoms with Gasteiger partial charge in [-0.3, -0.25) is 4.79 Å². The van der Waals surface area contributed by atoms with Gasteiger partial charge in [0.2, 0.25) is 15.9 Å². The number of nitrogens with one attached hydrogen (secondary N) is 2. The van der Waals surface area contributed by atoms with Gasteiger partial charge in [-0.05, 0) is 69.4 Å². The first-order valence-electron chi connectivity index (χ1n) is 12.8. The largest absolute Gasteiger partial charge is 0.349 e. The normalized spacial score (nSPS) is 18.8. The summed E-state index contributed by atoms with van der Waals surface area (Å²) in [6.45, 7) is 3.79. The van der Waals surface area contributed by atoms with Gasteiger partial charge in [-0.2, -0.15) is 0 Å². The topological polar surface area (TPSA) is 92.6 Å². The van der Waals surface area contributed by atoms with Gasteiger partial charge in [-0.1, -0.05) is 42.5 Å². The lowest BCUT2D eigenvalue weighted by Crippen LogP contribution is -2.41. The monoisotopic (exact) mass is 534 g/mol. The molecule has 7 nitrogen and oxygen atoms in total. The molecule has 0 unspecified atom stereocenters. The van der Waals surface area contributed by atoms with E-state index in [2.05, 4.69) is 15.0 Å². The molecule has 1 aliphatic carbocycles. The average Bonchev–Trinajstić information content (AvgIpc) is 3.25. The van der Waals surface area contributed by atoms with Crippen LogP contribution in [0.5, 0.6) is 0 Å². The smallest absolute Gasteiger partial charge is 0.242 e. The first-order chi connectivity index (χ1) is 18.2. The molecular formula is C29H31FN4O3S. The number of aromatic nitrogens is 2. The van der Waals surface area contributed by atoms with Crippen LogP contribution in [0.25, 0.3) is 16.9 Å². The molecule has 4 aromatic rings. The Balaban J connectivity index is 1.21. The lowest BCUT2D eigenvalue weighted by molar-refractivity contribution is -0.126. The highest BCUT2D eigenvalue weighted by Gasteiger charge is 2.30. The zero-order chi connectivity index (χ0) is 26.9. The van der Waals surface area contributed by atoms with Crippen molar-refractivity contribution in [1.82, 2.24) is 19.4 Å². The number of fused-ring (bicyclic) bond motifs is 1. The van der Waals surface area contributed by atoms with Crippen LogP contribution in [0.2, 0.25) is 0 Å². The number of amides is 1. The van der Waals surface area contributed by atoms with Crippen LogP contribution >= 0.6 is 0 Å². The summed E-state index contributed by atoms with van der Waals surface area (Å²) in [5.74, 6) is -0.552. The van der Waals surface area contributed by atoms with Crippen LogP contribution in [0, 0.1) is 18.7 Å². The van der Waals surface area contributed by atoms with E-state index in [-0.39, 0.29) is 34.6 Å². The van der Waals surface area contributed by atoms with Crippen molar-refractivity contribution in [3.8, 4) is 11.3 Å². The molecule has 1 aliphatic rings. The first-order valence-corrected chi connectivity index (χ1v) is 14.3. The summed E-state index contributed by atoms with van der Waals surface area (Å²) in [5.41, 5.74) is 4.18. The molecule has 0 aliphatic heterocycles. The van der Waals surface area contributed by atoms with E-state index in [1.54, 1.807) is 34.9 Å². The third kappa shape index (κ3) is 5.49. The van der Waals surface area contributed by atoms with E-state index in [1.165, 1.54) is 12.1 Å². The van der Waals surface area contributed by atoms with Gasteiger partial charge in [0.1, 0.15) is 11.5 Å². The SMILES string of the molecule is Cc1c(-c2ccccc2)nc2ccc(S(=O)(=O)N[C@H]3CC[C@H](C(=O)N[C@H](C)c4ccc(F)cc4)CC3)cn12. The quantitative estimate of drug-likeness (QED) is 0.342. The summed E-state index contributed by atoms with van der Waals surface area (Å²) in [7, 11) is -3.75. The number of aryl methyl sites for hydroxylation is 1. The van der Waals surface area contributed by atoms with E-state index >= 15 is 0 Å². The highest BCUT2D eigenvalue weighted by Crippen LogP contribution is 2.28. The highest BCUT2D eigenvalue weighted by molar-refractivity contribution is 7.89. The van der Waals surface area contributed by atoms with Gasteiger partial charge in [0, 0.05) is 29.4 Å². The summed E-state index contributed by atoms with van der Waals surface area (Å²) in [4.78, 5) is 17.7. The molecule has 2 heterocycles. The van der Waals surface area contributed by atoms with E-state index in [4.69, 9.17) is 0 Å². The Bertz CT molecular complexity index is 1540. The fourth-order valence-corrected chi connectivity index (χ4v) is 6.40. The molecule has 5 rings (SSSR count). The minimum Gasteiger partial charge on any atom is -0.349 e. The molecular weight excluding hydrogens is 503 g/mol. The van der Waals surface area contributed by atoms with Gasteiger partial charge >= 0.3 is 0 Å². The Labute approximate surface area is 222 Å². The van der Waals surface area contributed by atoms with Crippen molar-refractivity contribution in [2.75, 3.05) is 0 Å². The molecule has 0 spiro atoms. The van der Waals surface area contributed by atoms with Gasteiger partial charge in [-0.25, -0.2) is 22.5 Å². The number of halogens is 1. The number of benzene rings is 2. The summed E-state index contributed by atoms with van der Waals surface area (Å²) >= 11 is 0. The summed E-state index contributed by atoms with van der Waals surface area (Å²) in [6.07, 6.45) is 3.95. The maximum atomic E-state index is 13.2. The Morgan fingerprint density at radius 3 is 2.37 bits per heavy atom. The molecule has 2 aromatic carbocycles. The third-order valence-electron chi connectivity index (χ3n) is 7.34. The van der Waals surface area contributed by atoms with Crippen molar-refractivity contribution in [2.24, 2.45) is 5.92 Å². The van der Waals surface area contributed by atoms with Gasteiger partial charge in [-0.15, -0.1) is 0 Å². The second kappa shape index (κ2) is 10.7. The Kier molecular flexibility index (Phi) is 7.32. The van der Waals surface area contributed by atoms with E-state index in [1.807, 2.05) is 44.2 Å². The minimum absolute atomic E-state index is 0.0570. The van der Waals surface area contributed by atoms with Gasteiger partial charge in [0.25, 0.3) is 0 Å². The molecule has 38 heavy (non-hydrogen) atoms. The predicted molar refractivity (Wildman–Crippen MR) is 144 cm³/mol. The molecule has 1 saturated carbocycles. The van der Waals surface area contributed by atoms with Gasteiger partial charge < -0.3 is 9.72 Å². The number of hydrogen-bond donors (Lipinski definition) is 2. The van der Waals surface area contributed by atoms with Crippen LogP contribution in [0.3, 0.4) is 0 Å². The van der Waals surface area contributed by atoms with E-state index in [0.29, 0.717) is 31.3 Å². The second-order valence-electron chi connectivity index (χ2n) is 9.96. The van der Waals surface area contributed by atoms with Crippen molar-refractivity contribution < 1.29 is 17.6 Å². The number of carbonyl (C=O) groups excluding carboxylic acids is 1. The van der Waals surface area contributed by atoms with Crippen LogP contribution in [0.15, 0.2) is 77.8 Å². The molecule has 1 atom stereocenters. The molecule has 2 N–H and O–H groups in total. The number of hydrogen-bond acceptors (Lipinski definition) is 4. The molecule has 0 saturated heterocycles. The number of imidazole rings is 1. The van der Waals surface area contributed by atoms with Crippen molar-refractivity contribution in [2.45, 2.75) is 56.5 Å². The Hall–Kier alpha value is -3.56. The minimum atomic E-state index is -3.75. The maximum Gasteiger partial charge on any atom is 0.242 e. The molecule has 9 heteroatoms. The van der Waals surface area contributed by atoms with Gasteiger partial charge in [0.05, 0.1) is 16.6 Å². The Morgan fingerprint density at radius 1 is 1.00 bits per heavy atom. The van der Waals surface area contributed by atoms with Crippen LogP contribution in [-0.2, 0) is 14.8 Å². The lowest BCUT2D eigenvalue weighted by Gasteiger charge is -2.29. The number of nitrogens with zero attached hydrogens (tertiary/aromatic N) is 2. The number of pyridine rings is 1. The van der Waals surface area contributed by atoms with Crippen molar-refractivity contribution in [1.29, 1.82) is 0 Å². The fraction of sp³-hybridized carbons (Fsp3) is 0.310. The molecule has 198 valence electrons. The summed E-state index contributed by atoms with van der Waals surface area (Å²) in [6, 6.07) is 18.7. The number of carbonyl (C=O) groups is 1. The van der Waals surface area contributed by atoms with Crippen LogP contribution in [0.4, 0.5) is 4.39 Å². The zero-order valence-corrected chi connectivity index (χ0v) is 22.2. The summed E-state index contributed by atoms with van der Waals surface area (Å²) < 4.78 is 44.3.